The molecular formula is C33H29Cl2N3O3S. The lowest BCUT2D eigenvalue weighted by Crippen LogP contribution is -2.30. The van der Waals surface area contributed by atoms with Crippen molar-refractivity contribution in [1.29, 1.82) is 0 Å². The molecule has 4 aromatic rings. The standard InChI is InChI=1S/C33H29Cl2N3O3S/c1-20-10-7-17-28(21(20)2)37-31(39)22(3)42-26-15-9-14-25(19-26)36-33(41)29(18-24-13-8-16-27(34)30(24)35)38-32(40)23-11-5-4-6-12-23/h4-19,22H,1-3H3,(H,36,41)(H,37,39)(H,38,40)/b29-18+. The van der Waals surface area contributed by atoms with Gasteiger partial charge in [0.15, 0.2) is 0 Å². The monoisotopic (exact) mass is 617 g/mol. The number of rotatable bonds is 9. The predicted octanol–water partition coefficient (Wildman–Crippen LogP) is 8.14. The van der Waals surface area contributed by atoms with Crippen LogP contribution in [0.15, 0.2) is 102 Å². The van der Waals surface area contributed by atoms with Crippen LogP contribution >= 0.6 is 35.0 Å². The van der Waals surface area contributed by atoms with Crippen LogP contribution in [0.4, 0.5) is 11.4 Å². The second kappa shape index (κ2) is 14.2. The van der Waals surface area contributed by atoms with Crippen molar-refractivity contribution in [3.8, 4) is 0 Å². The zero-order valence-corrected chi connectivity index (χ0v) is 25.5. The highest BCUT2D eigenvalue weighted by Crippen LogP contribution is 2.29. The molecule has 42 heavy (non-hydrogen) atoms. The van der Waals surface area contributed by atoms with E-state index in [0.717, 1.165) is 21.7 Å². The Morgan fingerprint density at radius 3 is 2.31 bits per heavy atom. The number of thioether (sulfide) groups is 1. The Morgan fingerprint density at radius 2 is 1.55 bits per heavy atom. The molecule has 6 nitrogen and oxygen atoms in total. The van der Waals surface area contributed by atoms with E-state index in [-0.39, 0.29) is 16.6 Å². The van der Waals surface area contributed by atoms with Crippen LogP contribution in [-0.4, -0.2) is 23.0 Å². The summed E-state index contributed by atoms with van der Waals surface area (Å²) in [5, 5.41) is 8.70. The average molecular weight is 619 g/mol. The topological polar surface area (TPSA) is 87.3 Å². The summed E-state index contributed by atoms with van der Waals surface area (Å²) in [6.45, 7) is 5.80. The molecule has 4 aromatic carbocycles. The molecule has 9 heteroatoms. The van der Waals surface area contributed by atoms with Crippen molar-refractivity contribution in [1.82, 2.24) is 5.32 Å². The fourth-order valence-corrected chi connectivity index (χ4v) is 5.24. The van der Waals surface area contributed by atoms with E-state index < -0.39 is 17.1 Å². The molecular weight excluding hydrogens is 589 g/mol. The van der Waals surface area contributed by atoms with E-state index in [4.69, 9.17) is 23.2 Å². The highest BCUT2D eigenvalue weighted by Gasteiger charge is 2.18. The van der Waals surface area contributed by atoms with Gasteiger partial charge in [-0.3, -0.25) is 14.4 Å². The van der Waals surface area contributed by atoms with Gasteiger partial charge in [-0.15, -0.1) is 11.8 Å². The summed E-state index contributed by atoms with van der Waals surface area (Å²) in [7, 11) is 0. The molecule has 0 fully saturated rings. The third-order valence-corrected chi connectivity index (χ3v) is 8.37. The quantitative estimate of drug-likeness (QED) is 0.131. The molecule has 1 unspecified atom stereocenters. The molecule has 4 rings (SSSR count). The third-order valence-electron chi connectivity index (χ3n) is 6.45. The Balaban J connectivity index is 1.51. The van der Waals surface area contributed by atoms with Gasteiger partial charge in [-0.05, 0) is 86.0 Å². The Kier molecular flexibility index (Phi) is 10.5. The summed E-state index contributed by atoms with van der Waals surface area (Å²) in [6, 6.07) is 26.5. The molecule has 0 aliphatic heterocycles. The number of carbonyl (C=O) groups is 3. The lowest BCUT2D eigenvalue weighted by Gasteiger charge is -2.15. The van der Waals surface area contributed by atoms with Crippen LogP contribution in [0.1, 0.15) is 34.0 Å². The Labute approximate surface area is 259 Å². The second-order valence-electron chi connectivity index (χ2n) is 9.50. The lowest BCUT2D eigenvalue weighted by molar-refractivity contribution is -0.115. The van der Waals surface area contributed by atoms with Gasteiger partial charge in [0.1, 0.15) is 5.70 Å². The number of anilines is 2. The fraction of sp³-hybridized carbons (Fsp3) is 0.121. The van der Waals surface area contributed by atoms with Gasteiger partial charge in [0.05, 0.1) is 15.3 Å². The SMILES string of the molecule is Cc1cccc(NC(=O)C(C)Sc2cccc(NC(=O)/C(=C\c3cccc(Cl)c3Cl)NC(=O)c3ccccc3)c2)c1C. The minimum absolute atomic E-state index is 0.0210. The highest BCUT2D eigenvalue weighted by atomic mass is 35.5. The van der Waals surface area contributed by atoms with Crippen molar-refractivity contribution in [2.75, 3.05) is 10.6 Å². The second-order valence-corrected chi connectivity index (χ2v) is 11.7. The van der Waals surface area contributed by atoms with Crippen LogP contribution < -0.4 is 16.0 Å². The largest absolute Gasteiger partial charge is 0.325 e. The van der Waals surface area contributed by atoms with Gasteiger partial charge in [0.25, 0.3) is 11.8 Å². The van der Waals surface area contributed by atoms with E-state index in [0.29, 0.717) is 21.8 Å². The van der Waals surface area contributed by atoms with Crippen LogP contribution in [0.3, 0.4) is 0 Å². The van der Waals surface area contributed by atoms with E-state index >= 15 is 0 Å². The molecule has 214 valence electrons. The van der Waals surface area contributed by atoms with E-state index in [1.807, 2.05) is 45.0 Å². The Morgan fingerprint density at radius 1 is 0.833 bits per heavy atom. The van der Waals surface area contributed by atoms with Crippen LogP contribution in [-0.2, 0) is 9.59 Å². The van der Waals surface area contributed by atoms with Crippen molar-refractivity contribution in [3.63, 3.8) is 0 Å². The smallest absolute Gasteiger partial charge is 0.272 e. The Hall–Kier alpha value is -4.04. The first-order chi connectivity index (χ1) is 20.1. The van der Waals surface area contributed by atoms with E-state index in [2.05, 4.69) is 16.0 Å². The number of nitrogens with one attached hydrogen (secondary N) is 3. The highest BCUT2D eigenvalue weighted by molar-refractivity contribution is 8.00. The molecule has 0 radical (unpaired) electrons. The summed E-state index contributed by atoms with van der Waals surface area (Å²) >= 11 is 13.9. The van der Waals surface area contributed by atoms with Gasteiger partial charge < -0.3 is 16.0 Å². The van der Waals surface area contributed by atoms with Gasteiger partial charge >= 0.3 is 0 Å². The van der Waals surface area contributed by atoms with Crippen molar-refractivity contribution in [3.05, 3.63) is 129 Å². The number of hydrogen-bond acceptors (Lipinski definition) is 4. The zero-order valence-electron chi connectivity index (χ0n) is 23.2. The first-order valence-corrected chi connectivity index (χ1v) is 14.7. The molecule has 0 aliphatic carbocycles. The zero-order chi connectivity index (χ0) is 30.2. The number of amides is 3. The molecule has 0 bridgehead atoms. The lowest BCUT2D eigenvalue weighted by atomic mass is 10.1. The first-order valence-electron chi connectivity index (χ1n) is 13.1. The van der Waals surface area contributed by atoms with Crippen molar-refractivity contribution < 1.29 is 14.4 Å². The molecule has 1 atom stereocenters. The Bertz CT molecular complexity index is 1660. The average Bonchev–Trinajstić information content (AvgIpc) is 2.98. The summed E-state index contributed by atoms with van der Waals surface area (Å²) in [5.74, 6) is -1.14. The normalized spacial score (nSPS) is 11.9. The summed E-state index contributed by atoms with van der Waals surface area (Å²) in [6.07, 6.45) is 1.47. The molecule has 3 amide bonds. The number of aryl methyl sites for hydroxylation is 1. The van der Waals surface area contributed by atoms with Gasteiger partial charge in [-0.1, -0.05) is 71.7 Å². The minimum Gasteiger partial charge on any atom is -0.325 e. The van der Waals surface area contributed by atoms with Crippen LogP contribution in [0.2, 0.25) is 10.0 Å². The maximum absolute atomic E-state index is 13.4. The summed E-state index contributed by atoms with van der Waals surface area (Å²) < 4.78 is 0. The van der Waals surface area contributed by atoms with Gasteiger partial charge in [-0.25, -0.2) is 0 Å². The third kappa shape index (κ3) is 8.03. The van der Waals surface area contributed by atoms with Crippen molar-refractivity contribution in [2.24, 2.45) is 0 Å². The van der Waals surface area contributed by atoms with Crippen molar-refractivity contribution in [2.45, 2.75) is 30.9 Å². The van der Waals surface area contributed by atoms with Gasteiger partial charge in [0.2, 0.25) is 5.91 Å². The molecule has 0 heterocycles. The van der Waals surface area contributed by atoms with Crippen molar-refractivity contribution >= 4 is 70.1 Å². The summed E-state index contributed by atoms with van der Waals surface area (Å²) in [4.78, 5) is 40.1. The molecule has 0 saturated carbocycles. The maximum Gasteiger partial charge on any atom is 0.272 e. The van der Waals surface area contributed by atoms with Crippen LogP contribution in [0.5, 0.6) is 0 Å². The van der Waals surface area contributed by atoms with Crippen LogP contribution in [0, 0.1) is 13.8 Å². The molecule has 0 saturated heterocycles. The first kappa shape index (κ1) is 30.9. The van der Waals surface area contributed by atoms with Gasteiger partial charge in [-0.2, -0.15) is 0 Å². The van der Waals surface area contributed by atoms with E-state index in [1.165, 1.54) is 17.8 Å². The maximum atomic E-state index is 13.4. The molecule has 3 N–H and O–H groups in total. The fourth-order valence-electron chi connectivity index (χ4n) is 3.95. The van der Waals surface area contributed by atoms with Crippen LogP contribution in [0.25, 0.3) is 6.08 Å². The number of carbonyl (C=O) groups excluding carboxylic acids is 3. The number of benzene rings is 4. The van der Waals surface area contributed by atoms with Gasteiger partial charge in [0, 0.05) is 21.8 Å². The minimum atomic E-state index is -0.557. The van der Waals surface area contributed by atoms with E-state index in [1.54, 1.807) is 66.7 Å². The molecule has 0 aromatic heterocycles. The number of halogens is 2. The number of hydrogen-bond donors (Lipinski definition) is 3. The molecule has 0 aliphatic rings. The molecule has 0 spiro atoms. The predicted molar refractivity (Wildman–Crippen MR) is 173 cm³/mol. The van der Waals surface area contributed by atoms with E-state index in [9.17, 15) is 14.4 Å². The summed E-state index contributed by atoms with van der Waals surface area (Å²) in [5.41, 5.74) is 4.23.